The molecule has 158 valence electrons. The molecule has 0 bridgehead atoms. The third-order valence-electron chi connectivity index (χ3n) is 4.94. The molecule has 0 aromatic heterocycles. The van der Waals surface area contributed by atoms with Crippen LogP contribution in [0.1, 0.15) is 78.1 Å². The van der Waals surface area contributed by atoms with Gasteiger partial charge in [0.05, 0.1) is 13.1 Å². The van der Waals surface area contributed by atoms with Crippen LogP contribution in [-0.2, 0) is 14.3 Å². The van der Waals surface area contributed by atoms with Crippen LogP contribution < -0.4 is 0 Å². The highest BCUT2D eigenvalue weighted by molar-refractivity contribution is 5.94. The molecule has 1 aliphatic rings. The van der Waals surface area contributed by atoms with Crippen molar-refractivity contribution < 1.29 is 24.0 Å². The summed E-state index contributed by atoms with van der Waals surface area (Å²) in [5, 5.41) is 8.93. The van der Waals surface area contributed by atoms with Crippen LogP contribution in [0.15, 0.2) is 0 Å². The Balaban J connectivity index is 2.07. The van der Waals surface area contributed by atoms with E-state index in [1.54, 1.807) is 4.58 Å². The van der Waals surface area contributed by atoms with E-state index in [9.17, 15) is 9.59 Å². The summed E-state index contributed by atoms with van der Waals surface area (Å²) in [6.07, 6.45) is 11.6. The SMILES string of the molecule is CCCCCCCCCCCC(=O)OCCN1C#CC(C)=[N+](CC(=O)O)CC1. The molecule has 1 N–H and O–H groups in total. The minimum absolute atomic E-state index is 0.0396. The van der Waals surface area contributed by atoms with Gasteiger partial charge in [-0.3, -0.25) is 4.79 Å². The van der Waals surface area contributed by atoms with Crippen LogP contribution in [0.25, 0.3) is 0 Å². The van der Waals surface area contributed by atoms with Gasteiger partial charge in [-0.05, 0) is 6.42 Å². The van der Waals surface area contributed by atoms with Gasteiger partial charge in [-0.1, -0.05) is 58.3 Å². The van der Waals surface area contributed by atoms with Crippen molar-refractivity contribution in [2.75, 3.05) is 32.8 Å². The monoisotopic (exact) mass is 393 g/mol. The normalized spacial score (nSPS) is 13.7. The molecule has 0 aliphatic carbocycles. The second-order valence-electron chi connectivity index (χ2n) is 7.42. The van der Waals surface area contributed by atoms with Crippen LogP contribution >= 0.6 is 0 Å². The fourth-order valence-corrected chi connectivity index (χ4v) is 3.15. The minimum Gasteiger partial charge on any atom is -0.477 e. The molecule has 28 heavy (non-hydrogen) atoms. The Hall–Kier alpha value is -2.03. The Morgan fingerprint density at radius 3 is 2.39 bits per heavy atom. The van der Waals surface area contributed by atoms with Gasteiger partial charge in [-0.25, -0.2) is 9.37 Å². The summed E-state index contributed by atoms with van der Waals surface area (Å²) in [4.78, 5) is 24.6. The Labute approximate surface area is 169 Å². The molecule has 0 amide bonds. The highest BCUT2D eigenvalue weighted by Gasteiger charge is 2.17. The quantitative estimate of drug-likeness (QED) is 0.200. The molecule has 6 nitrogen and oxygen atoms in total. The van der Waals surface area contributed by atoms with Gasteiger partial charge in [-0.2, -0.15) is 0 Å². The third-order valence-corrected chi connectivity index (χ3v) is 4.94. The number of carbonyl (C=O) groups is 2. The predicted molar refractivity (Wildman–Crippen MR) is 110 cm³/mol. The number of rotatable bonds is 15. The van der Waals surface area contributed by atoms with E-state index in [1.807, 2.05) is 11.8 Å². The van der Waals surface area contributed by atoms with Crippen molar-refractivity contribution in [3.8, 4) is 12.0 Å². The minimum atomic E-state index is -0.861. The van der Waals surface area contributed by atoms with Crippen LogP contribution in [0.3, 0.4) is 0 Å². The second kappa shape index (κ2) is 15.0. The molecule has 6 heteroatoms. The third kappa shape index (κ3) is 11.6. The molecule has 0 fully saturated rings. The summed E-state index contributed by atoms with van der Waals surface area (Å²) in [6.45, 7) is 6.11. The summed E-state index contributed by atoms with van der Waals surface area (Å²) < 4.78 is 7.07. The van der Waals surface area contributed by atoms with E-state index in [1.165, 1.54) is 44.9 Å². The highest BCUT2D eigenvalue weighted by Crippen LogP contribution is 2.10. The smallest absolute Gasteiger partial charge is 0.369 e. The van der Waals surface area contributed by atoms with Gasteiger partial charge in [-0.15, -0.1) is 0 Å². The Morgan fingerprint density at radius 2 is 1.75 bits per heavy atom. The molecule has 1 heterocycles. The lowest BCUT2D eigenvalue weighted by atomic mass is 10.1. The predicted octanol–water partition coefficient (Wildman–Crippen LogP) is 3.29. The zero-order valence-electron chi connectivity index (χ0n) is 17.7. The first kappa shape index (κ1) is 24.0. The fourth-order valence-electron chi connectivity index (χ4n) is 3.15. The fraction of sp³-hybridized carbons (Fsp3) is 0.773. The maximum atomic E-state index is 11.8. The van der Waals surface area contributed by atoms with Gasteiger partial charge in [0.25, 0.3) is 0 Å². The van der Waals surface area contributed by atoms with Crippen LogP contribution in [0.4, 0.5) is 0 Å². The first-order chi connectivity index (χ1) is 13.5. The number of unbranched alkanes of at least 4 members (excludes halogenated alkanes) is 8. The highest BCUT2D eigenvalue weighted by atomic mass is 16.5. The average molecular weight is 394 g/mol. The molecule has 1 aliphatic heterocycles. The van der Waals surface area contributed by atoms with E-state index >= 15 is 0 Å². The second-order valence-corrected chi connectivity index (χ2v) is 7.42. The molecule has 0 aromatic rings. The molecule has 0 saturated heterocycles. The lowest BCUT2D eigenvalue weighted by Gasteiger charge is -2.15. The van der Waals surface area contributed by atoms with Gasteiger partial charge in [0, 0.05) is 25.3 Å². The maximum absolute atomic E-state index is 11.8. The number of carbonyl (C=O) groups excluding carboxylic acids is 1. The van der Waals surface area contributed by atoms with Crippen LogP contribution in [0, 0.1) is 12.0 Å². The van der Waals surface area contributed by atoms with Crippen molar-refractivity contribution >= 4 is 17.7 Å². The van der Waals surface area contributed by atoms with Crippen LogP contribution in [0.2, 0.25) is 0 Å². The summed E-state index contributed by atoms with van der Waals surface area (Å²) in [5.74, 6) is 1.97. The number of carboxylic acid groups (broad SMARTS) is 1. The number of carboxylic acids is 1. The lowest BCUT2D eigenvalue weighted by molar-refractivity contribution is -0.517. The van der Waals surface area contributed by atoms with Gasteiger partial charge in [0.2, 0.25) is 12.3 Å². The van der Waals surface area contributed by atoms with Gasteiger partial charge in [0.15, 0.2) is 6.54 Å². The maximum Gasteiger partial charge on any atom is 0.369 e. The number of ether oxygens (including phenoxy) is 1. The van der Waals surface area contributed by atoms with Gasteiger partial charge >= 0.3 is 11.9 Å². The molecule has 0 aromatic carbocycles. The van der Waals surface area contributed by atoms with E-state index in [-0.39, 0.29) is 12.5 Å². The van der Waals surface area contributed by atoms with Crippen molar-refractivity contribution in [2.24, 2.45) is 0 Å². The summed E-state index contributed by atoms with van der Waals surface area (Å²) in [6, 6.07) is 3.01. The van der Waals surface area contributed by atoms with Crippen molar-refractivity contribution in [1.82, 2.24) is 4.90 Å². The number of hydrogen-bond donors (Lipinski definition) is 1. The zero-order chi connectivity index (χ0) is 20.6. The van der Waals surface area contributed by atoms with Crippen molar-refractivity contribution in [3.63, 3.8) is 0 Å². The van der Waals surface area contributed by atoms with Crippen molar-refractivity contribution in [2.45, 2.75) is 78.1 Å². The molecule has 1 rings (SSSR count). The molecule has 0 saturated carbocycles. The molecular weight excluding hydrogens is 356 g/mol. The molecule has 0 spiro atoms. The van der Waals surface area contributed by atoms with E-state index in [2.05, 4.69) is 18.9 Å². The summed E-state index contributed by atoms with van der Waals surface area (Å²) in [5.41, 5.74) is 0.757. The standard InChI is InChI=1S/C22H36N2O4/c1-3-4-5-6-7-8-9-10-11-12-22(27)28-18-17-23-14-13-20(2)24(16-15-23)19-21(25)26/h3-12,15-19H2,1-2H3/p+1. The van der Waals surface area contributed by atoms with Crippen LogP contribution in [-0.4, -0.2) is 65.0 Å². The number of aliphatic carboxylic acids is 1. The summed E-state index contributed by atoms with van der Waals surface area (Å²) >= 11 is 0. The first-order valence-electron chi connectivity index (χ1n) is 10.8. The Bertz CT molecular complexity index is 575. The lowest BCUT2D eigenvalue weighted by Crippen LogP contribution is -2.32. The number of nitrogens with zero attached hydrogens (tertiary/aromatic N) is 2. The van der Waals surface area contributed by atoms with Gasteiger partial charge in [0.1, 0.15) is 6.61 Å². The van der Waals surface area contributed by atoms with Crippen molar-refractivity contribution in [3.05, 3.63) is 0 Å². The van der Waals surface area contributed by atoms with E-state index in [0.717, 1.165) is 18.6 Å². The average Bonchev–Trinajstić information content (AvgIpc) is 2.82. The molecule has 0 radical (unpaired) electrons. The molecule has 0 unspecified atom stereocenters. The Morgan fingerprint density at radius 1 is 1.11 bits per heavy atom. The molecular formula is C22H37N2O4+. The van der Waals surface area contributed by atoms with Crippen molar-refractivity contribution in [1.29, 1.82) is 0 Å². The number of esters is 1. The largest absolute Gasteiger partial charge is 0.477 e. The number of hydrogen-bond acceptors (Lipinski definition) is 4. The molecule has 0 atom stereocenters. The van der Waals surface area contributed by atoms with E-state index in [4.69, 9.17) is 9.84 Å². The topological polar surface area (TPSA) is 69.8 Å². The zero-order valence-corrected chi connectivity index (χ0v) is 17.7. The summed E-state index contributed by atoms with van der Waals surface area (Å²) in [7, 11) is 0. The Kier molecular flexibility index (Phi) is 12.8. The first-order valence-corrected chi connectivity index (χ1v) is 10.8. The van der Waals surface area contributed by atoms with Gasteiger partial charge < -0.3 is 14.7 Å². The van der Waals surface area contributed by atoms with E-state index in [0.29, 0.717) is 32.7 Å². The van der Waals surface area contributed by atoms with Crippen LogP contribution in [0.5, 0.6) is 0 Å². The van der Waals surface area contributed by atoms with E-state index < -0.39 is 5.97 Å².